The van der Waals surface area contributed by atoms with Gasteiger partial charge in [-0.3, -0.25) is 14.2 Å². The Morgan fingerprint density at radius 2 is 1.97 bits per heavy atom. The summed E-state index contributed by atoms with van der Waals surface area (Å²) in [7, 11) is 0. The highest BCUT2D eigenvalue weighted by Crippen LogP contribution is 2.24. The second kappa shape index (κ2) is 8.95. The van der Waals surface area contributed by atoms with Gasteiger partial charge in [0, 0.05) is 50.2 Å². The van der Waals surface area contributed by atoms with Crippen molar-refractivity contribution in [3.8, 4) is 5.82 Å². The Morgan fingerprint density at radius 3 is 2.71 bits per heavy atom. The standard InChI is InChI=1S/C22H25N7O2/c1-15-26-19(13-20(27-15)28-11-10-23-16(28)2)24-8-9-25-22(31)17-12-21(30)29(14-17)18-6-4-3-5-7-18/h3-7,10-11,13,17H,8-9,12,14H2,1-2H3,(H,25,31)(H,24,26,27)/t17-/m0/s1. The molecule has 2 amide bonds. The van der Waals surface area contributed by atoms with Gasteiger partial charge in [-0.25, -0.2) is 15.0 Å². The average Bonchev–Trinajstić information content (AvgIpc) is 3.37. The molecule has 2 N–H and O–H groups in total. The molecule has 9 nitrogen and oxygen atoms in total. The molecule has 1 saturated heterocycles. The maximum Gasteiger partial charge on any atom is 0.227 e. The number of rotatable bonds is 7. The summed E-state index contributed by atoms with van der Waals surface area (Å²) in [5.74, 6) is 2.42. The van der Waals surface area contributed by atoms with E-state index in [0.29, 0.717) is 31.3 Å². The van der Waals surface area contributed by atoms with E-state index in [1.807, 2.05) is 61.0 Å². The van der Waals surface area contributed by atoms with E-state index in [4.69, 9.17) is 0 Å². The highest BCUT2D eigenvalue weighted by atomic mass is 16.2. The zero-order chi connectivity index (χ0) is 21.8. The van der Waals surface area contributed by atoms with Gasteiger partial charge in [-0.15, -0.1) is 0 Å². The number of aromatic nitrogens is 4. The Bertz CT molecular complexity index is 1080. The lowest BCUT2D eigenvalue weighted by atomic mass is 10.1. The number of hydrogen-bond acceptors (Lipinski definition) is 6. The second-order valence-electron chi connectivity index (χ2n) is 7.46. The third kappa shape index (κ3) is 4.71. The number of carbonyl (C=O) groups excluding carboxylic acids is 2. The monoisotopic (exact) mass is 419 g/mol. The number of aryl methyl sites for hydroxylation is 2. The molecule has 1 fully saturated rings. The summed E-state index contributed by atoms with van der Waals surface area (Å²) in [6.07, 6.45) is 3.80. The quantitative estimate of drug-likeness (QED) is 0.567. The van der Waals surface area contributed by atoms with E-state index in [1.54, 1.807) is 11.1 Å². The van der Waals surface area contributed by atoms with Gasteiger partial charge in [-0.2, -0.15) is 0 Å². The molecular weight excluding hydrogens is 394 g/mol. The Morgan fingerprint density at radius 1 is 1.16 bits per heavy atom. The number of hydrogen-bond donors (Lipinski definition) is 2. The third-order valence-corrected chi connectivity index (χ3v) is 5.19. The smallest absolute Gasteiger partial charge is 0.227 e. The third-order valence-electron chi connectivity index (χ3n) is 5.19. The first-order valence-electron chi connectivity index (χ1n) is 10.2. The molecule has 1 aliphatic heterocycles. The van der Waals surface area contributed by atoms with Crippen LogP contribution >= 0.6 is 0 Å². The van der Waals surface area contributed by atoms with Crippen molar-refractivity contribution in [1.82, 2.24) is 24.8 Å². The summed E-state index contributed by atoms with van der Waals surface area (Å²) in [6, 6.07) is 11.3. The molecule has 1 aromatic carbocycles. The van der Waals surface area contributed by atoms with Crippen molar-refractivity contribution < 1.29 is 9.59 Å². The molecule has 3 aromatic rings. The van der Waals surface area contributed by atoms with Gasteiger partial charge >= 0.3 is 0 Å². The van der Waals surface area contributed by atoms with Crippen LogP contribution < -0.4 is 15.5 Å². The molecule has 9 heteroatoms. The molecule has 2 aromatic heterocycles. The van der Waals surface area contributed by atoms with Crippen LogP contribution in [0, 0.1) is 19.8 Å². The zero-order valence-electron chi connectivity index (χ0n) is 17.6. The summed E-state index contributed by atoms with van der Waals surface area (Å²) >= 11 is 0. The largest absolute Gasteiger partial charge is 0.368 e. The van der Waals surface area contributed by atoms with Crippen LogP contribution in [0.25, 0.3) is 5.82 Å². The predicted molar refractivity (Wildman–Crippen MR) is 117 cm³/mol. The Balaban J connectivity index is 1.28. The van der Waals surface area contributed by atoms with Crippen molar-refractivity contribution in [1.29, 1.82) is 0 Å². The van der Waals surface area contributed by atoms with Gasteiger partial charge in [-0.05, 0) is 26.0 Å². The Kier molecular flexibility index (Phi) is 5.92. The molecule has 31 heavy (non-hydrogen) atoms. The van der Waals surface area contributed by atoms with Crippen molar-refractivity contribution >= 4 is 23.3 Å². The van der Waals surface area contributed by atoms with Crippen molar-refractivity contribution in [2.24, 2.45) is 5.92 Å². The number of amides is 2. The maximum absolute atomic E-state index is 12.5. The number of para-hydroxylation sites is 1. The number of anilines is 2. The number of benzene rings is 1. The second-order valence-corrected chi connectivity index (χ2v) is 7.46. The van der Waals surface area contributed by atoms with Crippen molar-refractivity contribution in [3.05, 3.63) is 60.4 Å². The molecule has 0 bridgehead atoms. The van der Waals surface area contributed by atoms with Gasteiger partial charge in [0.05, 0.1) is 5.92 Å². The van der Waals surface area contributed by atoms with Gasteiger partial charge in [0.1, 0.15) is 23.3 Å². The van der Waals surface area contributed by atoms with E-state index in [9.17, 15) is 9.59 Å². The fraction of sp³-hybridized carbons (Fsp3) is 0.318. The van der Waals surface area contributed by atoms with Crippen LogP contribution in [0.1, 0.15) is 18.1 Å². The fourth-order valence-corrected chi connectivity index (χ4v) is 3.65. The molecular formula is C22H25N7O2. The minimum absolute atomic E-state index is 0.0248. The molecule has 4 rings (SSSR count). The molecule has 0 radical (unpaired) electrons. The number of carbonyl (C=O) groups is 2. The summed E-state index contributed by atoms with van der Waals surface area (Å²) in [5, 5.41) is 6.13. The minimum atomic E-state index is -0.343. The van der Waals surface area contributed by atoms with E-state index < -0.39 is 0 Å². The number of imidazole rings is 1. The topological polar surface area (TPSA) is 105 Å². The summed E-state index contributed by atoms with van der Waals surface area (Å²) < 4.78 is 1.89. The predicted octanol–water partition coefficient (Wildman–Crippen LogP) is 1.86. The Labute approximate surface area is 180 Å². The van der Waals surface area contributed by atoms with Crippen molar-refractivity contribution in [2.45, 2.75) is 20.3 Å². The van der Waals surface area contributed by atoms with Gasteiger partial charge in [0.2, 0.25) is 11.8 Å². The van der Waals surface area contributed by atoms with Crippen molar-refractivity contribution in [3.63, 3.8) is 0 Å². The van der Waals surface area contributed by atoms with Crippen LogP contribution in [0.4, 0.5) is 11.5 Å². The van der Waals surface area contributed by atoms with Crippen LogP contribution in [0.15, 0.2) is 48.8 Å². The van der Waals surface area contributed by atoms with E-state index >= 15 is 0 Å². The SMILES string of the molecule is Cc1nc(NCCNC(=O)[C@H]2CC(=O)N(c3ccccc3)C2)cc(-n2ccnc2C)n1. The molecule has 3 heterocycles. The number of nitrogens with one attached hydrogen (secondary N) is 2. The van der Waals surface area contributed by atoms with E-state index in [2.05, 4.69) is 25.6 Å². The average molecular weight is 419 g/mol. The molecule has 1 aliphatic rings. The Hall–Kier alpha value is -3.75. The van der Waals surface area contributed by atoms with Gasteiger partial charge in [-0.1, -0.05) is 18.2 Å². The van der Waals surface area contributed by atoms with Crippen LogP contribution in [0.3, 0.4) is 0 Å². The van der Waals surface area contributed by atoms with Crippen LogP contribution in [0.2, 0.25) is 0 Å². The molecule has 0 spiro atoms. The number of nitrogens with zero attached hydrogens (tertiary/aromatic N) is 5. The fourth-order valence-electron chi connectivity index (χ4n) is 3.65. The first-order chi connectivity index (χ1) is 15.0. The van der Waals surface area contributed by atoms with E-state index in [-0.39, 0.29) is 24.2 Å². The maximum atomic E-state index is 12.5. The molecule has 0 unspecified atom stereocenters. The van der Waals surface area contributed by atoms with Gasteiger partial charge in [0.15, 0.2) is 0 Å². The minimum Gasteiger partial charge on any atom is -0.368 e. The van der Waals surface area contributed by atoms with Gasteiger partial charge in [0.25, 0.3) is 0 Å². The normalized spacial score (nSPS) is 15.9. The summed E-state index contributed by atoms with van der Waals surface area (Å²) in [4.78, 5) is 39.6. The summed E-state index contributed by atoms with van der Waals surface area (Å²) in [5.41, 5.74) is 0.826. The van der Waals surface area contributed by atoms with Crippen LogP contribution in [-0.2, 0) is 9.59 Å². The molecule has 0 aliphatic carbocycles. The highest BCUT2D eigenvalue weighted by molar-refractivity contribution is 6.00. The summed E-state index contributed by atoms with van der Waals surface area (Å²) in [6.45, 7) is 5.08. The first-order valence-corrected chi connectivity index (χ1v) is 10.2. The lowest BCUT2D eigenvalue weighted by Crippen LogP contribution is -2.35. The van der Waals surface area contributed by atoms with Crippen LogP contribution in [0.5, 0.6) is 0 Å². The lowest BCUT2D eigenvalue weighted by molar-refractivity contribution is -0.126. The van der Waals surface area contributed by atoms with Crippen molar-refractivity contribution in [2.75, 3.05) is 29.9 Å². The molecule has 0 saturated carbocycles. The van der Waals surface area contributed by atoms with E-state index in [1.165, 1.54) is 0 Å². The lowest BCUT2D eigenvalue weighted by Gasteiger charge is -2.16. The highest BCUT2D eigenvalue weighted by Gasteiger charge is 2.34. The molecule has 160 valence electrons. The van der Waals surface area contributed by atoms with Crippen LogP contribution in [-0.4, -0.2) is 51.0 Å². The first kappa shape index (κ1) is 20.5. The molecule has 1 atom stereocenters. The van der Waals surface area contributed by atoms with Gasteiger partial charge < -0.3 is 15.5 Å². The van der Waals surface area contributed by atoms with E-state index in [0.717, 1.165) is 17.3 Å². The zero-order valence-corrected chi connectivity index (χ0v) is 17.6.